The number of nitrogens with zero attached hydrogens (tertiary/aromatic N) is 4. The van der Waals surface area contributed by atoms with Crippen LogP contribution in [-0.4, -0.2) is 54.8 Å². The van der Waals surface area contributed by atoms with Crippen molar-refractivity contribution in [3.63, 3.8) is 0 Å². The van der Waals surface area contributed by atoms with E-state index in [9.17, 15) is 9.32 Å². The molecule has 1 fully saturated rings. The summed E-state index contributed by atoms with van der Waals surface area (Å²) in [5.74, 6) is 4.45. The summed E-state index contributed by atoms with van der Waals surface area (Å²) in [4.78, 5) is 16.9. The van der Waals surface area contributed by atoms with Gasteiger partial charge in [-0.3, -0.25) is 9.19 Å². The Bertz CT molecular complexity index is 1130. The SMILES string of the molecule is C#Cc1ccc(C2=CCN(c3nc4c(c(NC5([C@@H](C)O)CCC5)n3)[S@@](=O)CC4)CC2)nc1. The molecular formula is C24H27N5O2S. The minimum Gasteiger partial charge on any atom is -0.391 e. The molecule has 0 saturated heterocycles. The van der Waals surface area contributed by atoms with Crippen molar-refractivity contribution in [2.45, 2.75) is 55.6 Å². The van der Waals surface area contributed by atoms with Crippen molar-refractivity contribution in [3.8, 4) is 12.3 Å². The van der Waals surface area contributed by atoms with Crippen LogP contribution in [0.5, 0.6) is 0 Å². The lowest BCUT2D eigenvalue weighted by Gasteiger charge is -2.45. The summed E-state index contributed by atoms with van der Waals surface area (Å²) in [5.41, 5.74) is 3.37. The maximum absolute atomic E-state index is 12.7. The van der Waals surface area contributed by atoms with Gasteiger partial charge in [0.15, 0.2) is 0 Å². The molecule has 2 aromatic rings. The van der Waals surface area contributed by atoms with E-state index < -0.39 is 22.4 Å². The van der Waals surface area contributed by atoms with Crippen molar-refractivity contribution in [2.24, 2.45) is 0 Å². The van der Waals surface area contributed by atoms with Gasteiger partial charge in [0.05, 0.1) is 33.8 Å². The first-order chi connectivity index (χ1) is 15.5. The largest absolute Gasteiger partial charge is 0.391 e. The third kappa shape index (κ3) is 3.70. The summed E-state index contributed by atoms with van der Waals surface area (Å²) in [6.45, 7) is 3.26. The van der Waals surface area contributed by atoms with Gasteiger partial charge in [0, 0.05) is 37.0 Å². The number of anilines is 2. The van der Waals surface area contributed by atoms with Crippen LogP contribution in [0.25, 0.3) is 5.57 Å². The molecule has 0 unspecified atom stereocenters. The molecule has 32 heavy (non-hydrogen) atoms. The summed E-state index contributed by atoms with van der Waals surface area (Å²) in [5, 5.41) is 13.9. The number of aliphatic hydroxyl groups excluding tert-OH is 1. The molecule has 1 saturated carbocycles. The molecule has 0 bridgehead atoms. The molecule has 3 aliphatic rings. The third-order valence-electron chi connectivity index (χ3n) is 6.84. The molecule has 1 aliphatic carbocycles. The normalized spacial score (nSPS) is 22.3. The van der Waals surface area contributed by atoms with E-state index in [1.165, 1.54) is 5.57 Å². The fourth-order valence-electron chi connectivity index (χ4n) is 4.60. The Morgan fingerprint density at radius 3 is 2.75 bits per heavy atom. The first kappa shape index (κ1) is 21.1. The Morgan fingerprint density at radius 1 is 1.31 bits per heavy atom. The monoisotopic (exact) mass is 449 g/mol. The lowest BCUT2D eigenvalue weighted by molar-refractivity contribution is 0.0631. The molecule has 2 aliphatic heterocycles. The molecule has 2 aromatic heterocycles. The van der Waals surface area contributed by atoms with Gasteiger partial charge in [-0.05, 0) is 50.3 Å². The Kier molecular flexibility index (Phi) is 5.48. The molecule has 8 heteroatoms. The van der Waals surface area contributed by atoms with Crippen LogP contribution in [0.15, 0.2) is 29.3 Å². The topological polar surface area (TPSA) is 91.2 Å². The van der Waals surface area contributed by atoms with Crippen molar-refractivity contribution >= 4 is 28.1 Å². The zero-order valence-electron chi connectivity index (χ0n) is 18.2. The Hall–Kier alpha value is -2.76. The van der Waals surface area contributed by atoms with E-state index in [2.05, 4.69) is 27.2 Å². The second-order valence-electron chi connectivity index (χ2n) is 8.76. The highest BCUT2D eigenvalue weighted by Gasteiger charge is 2.43. The molecule has 0 spiro atoms. The summed E-state index contributed by atoms with van der Waals surface area (Å²) in [6.07, 6.45) is 13.1. The summed E-state index contributed by atoms with van der Waals surface area (Å²) in [6, 6.07) is 3.88. The van der Waals surface area contributed by atoms with E-state index in [4.69, 9.17) is 16.4 Å². The number of hydrogen-bond acceptors (Lipinski definition) is 7. The molecule has 0 amide bonds. The van der Waals surface area contributed by atoms with Gasteiger partial charge >= 0.3 is 0 Å². The predicted octanol–water partition coefficient (Wildman–Crippen LogP) is 2.53. The van der Waals surface area contributed by atoms with Crippen LogP contribution in [0.4, 0.5) is 11.8 Å². The van der Waals surface area contributed by atoms with E-state index in [1.807, 2.05) is 19.1 Å². The minimum absolute atomic E-state index is 0.391. The highest BCUT2D eigenvalue weighted by atomic mass is 32.2. The molecular weight excluding hydrogens is 422 g/mol. The van der Waals surface area contributed by atoms with Gasteiger partial charge in [-0.1, -0.05) is 12.0 Å². The number of nitrogens with one attached hydrogen (secondary N) is 1. The fourth-order valence-corrected chi connectivity index (χ4v) is 5.91. The van der Waals surface area contributed by atoms with Crippen LogP contribution in [-0.2, 0) is 17.2 Å². The van der Waals surface area contributed by atoms with Crippen LogP contribution in [0, 0.1) is 12.3 Å². The molecule has 2 N–H and O–H groups in total. The van der Waals surface area contributed by atoms with Crippen LogP contribution < -0.4 is 10.2 Å². The Labute approximate surface area is 190 Å². The van der Waals surface area contributed by atoms with Crippen molar-refractivity contribution in [1.82, 2.24) is 15.0 Å². The quantitative estimate of drug-likeness (QED) is 0.678. The van der Waals surface area contributed by atoms with Gasteiger partial charge in [0.2, 0.25) is 5.95 Å². The smallest absolute Gasteiger partial charge is 0.227 e. The van der Waals surface area contributed by atoms with Gasteiger partial charge in [0.1, 0.15) is 10.7 Å². The van der Waals surface area contributed by atoms with Gasteiger partial charge in [0.25, 0.3) is 0 Å². The van der Waals surface area contributed by atoms with Crippen molar-refractivity contribution in [3.05, 3.63) is 41.4 Å². The molecule has 4 heterocycles. The van der Waals surface area contributed by atoms with Crippen molar-refractivity contribution < 1.29 is 9.32 Å². The van der Waals surface area contributed by atoms with Crippen LogP contribution >= 0.6 is 0 Å². The second-order valence-corrected chi connectivity index (χ2v) is 10.3. The molecule has 166 valence electrons. The lowest BCUT2D eigenvalue weighted by atomic mass is 9.73. The first-order valence-electron chi connectivity index (χ1n) is 11.1. The maximum Gasteiger partial charge on any atom is 0.227 e. The number of terminal acetylenes is 1. The van der Waals surface area contributed by atoms with Gasteiger partial charge in [-0.15, -0.1) is 6.42 Å². The maximum atomic E-state index is 12.7. The molecule has 2 atom stereocenters. The van der Waals surface area contributed by atoms with Crippen molar-refractivity contribution in [1.29, 1.82) is 0 Å². The van der Waals surface area contributed by atoms with Gasteiger partial charge in [-0.25, -0.2) is 4.98 Å². The standard InChI is InChI=1S/C24H27N5O2S/c1-3-17-5-6-19(25-15-17)18-7-12-29(13-8-18)23-26-20-9-14-32(31)21(20)22(27-23)28-24(16(2)30)10-4-11-24/h1,5-7,15-16,30H,4,8-14H2,2H3,(H,26,27,28)/t16-,32+/m1/s1. The van der Waals surface area contributed by atoms with Gasteiger partial charge < -0.3 is 15.3 Å². The molecule has 0 radical (unpaired) electrons. The minimum atomic E-state index is -1.10. The predicted molar refractivity (Wildman–Crippen MR) is 126 cm³/mol. The number of fused-ring (bicyclic) bond motifs is 1. The van der Waals surface area contributed by atoms with E-state index in [0.29, 0.717) is 35.4 Å². The number of rotatable bonds is 5. The highest BCUT2D eigenvalue weighted by Crippen LogP contribution is 2.40. The number of aryl methyl sites for hydroxylation is 1. The van der Waals surface area contributed by atoms with E-state index in [1.54, 1.807) is 6.20 Å². The van der Waals surface area contributed by atoms with Crippen LogP contribution in [0.2, 0.25) is 0 Å². The fraction of sp³-hybridized carbons (Fsp3) is 0.458. The zero-order valence-corrected chi connectivity index (χ0v) is 19.0. The summed E-state index contributed by atoms with van der Waals surface area (Å²) in [7, 11) is -1.10. The number of hydrogen-bond donors (Lipinski definition) is 2. The van der Waals surface area contributed by atoms with E-state index in [0.717, 1.165) is 49.2 Å². The van der Waals surface area contributed by atoms with Crippen LogP contribution in [0.1, 0.15) is 49.6 Å². The average molecular weight is 450 g/mol. The number of aromatic nitrogens is 3. The van der Waals surface area contributed by atoms with E-state index in [-0.39, 0.29) is 0 Å². The average Bonchev–Trinajstić information content (AvgIpc) is 3.17. The zero-order chi connectivity index (χ0) is 22.3. The van der Waals surface area contributed by atoms with Crippen LogP contribution in [0.3, 0.4) is 0 Å². The number of aliphatic hydroxyl groups is 1. The van der Waals surface area contributed by atoms with E-state index >= 15 is 0 Å². The first-order valence-corrected chi connectivity index (χ1v) is 12.4. The molecule has 0 aromatic carbocycles. The highest BCUT2D eigenvalue weighted by molar-refractivity contribution is 7.85. The summed E-state index contributed by atoms with van der Waals surface area (Å²) < 4.78 is 12.7. The number of pyridine rings is 1. The molecule has 5 rings (SSSR count). The second kappa shape index (κ2) is 8.30. The van der Waals surface area contributed by atoms with Crippen molar-refractivity contribution in [2.75, 3.05) is 29.1 Å². The summed E-state index contributed by atoms with van der Waals surface area (Å²) >= 11 is 0. The lowest BCUT2D eigenvalue weighted by Crippen LogP contribution is -2.53. The van der Waals surface area contributed by atoms with Gasteiger partial charge in [-0.2, -0.15) is 4.98 Å². The molecule has 7 nitrogen and oxygen atoms in total. The Morgan fingerprint density at radius 2 is 2.16 bits per heavy atom. The third-order valence-corrected chi connectivity index (χ3v) is 8.30. The Balaban J connectivity index is 1.41.